The Hall–Kier alpha value is -3.43. The normalized spacial score (nSPS) is 11.5. The summed E-state index contributed by atoms with van der Waals surface area (Å²) in [4.78, 5) is 38.9. The van der Waals surface area contributed by atoms with Crippen LogP contribution in [0.25, 0.3) is 16.7 Å². The van der Waals surface area contributed by atoms with Gasteiger partial charge in [0.2, 0.25) is 11.7 Å². The summed E-state index contributed by atoms with van der Waals surface area (Å²) in [6, 6.07) is 14.0. The van der Waals surface area contributed by atoms with E-state index in [0.29, 0.717) is 42.0 Å². The Morgan fingerprint density at radius 3 is 2.59 bits per heavy atom. The Balaban J connectivity index is 1.63. The van der Waals surface area contributed by atoms with E-state index in [1.807, 2.05) is 26.0 Å². The van der Waals surface area contributed by atoms with Crippen LogP contribution in [0.5, 0.6) is 0 Å². The van der Waals surface area contributed by atoms with Crippen molar-refractivity contribution in [3.63, 3.8) is 0 Å². The molecule has 0 radical (unpaired) electrons. The molecule has 2 aromatic carbocycles. The van der Waals surface area contributed by atoms with Gasteiger partial charge in [-0.15, -0.1) is 5.10 Å². The first-order valence-corrected chi connectivity index (χ1v) is 11.5. The van der Waals surface area contributed by atoms with E-state index in [2.05, 4.69) is 10.4 Å². The summed E-state index contributed by atoms with van der Waals surface area (Å²) in [5.41, 5.74) is 0.607. The van der Waals surface area contributed by atoms with Crippen LogP contribution < -0.4 is 16.6 Å². The molecule has 1 N–H and O–H groups in total. The molecule has 0 saturated carbocycles. The first-order valence-electron chi connectivity index (χ1n) is 11.1. The summed E-state index contributed by atoms with van der Waals surface area (Å²) in [6.07, 6.45) is 0.663. The topological polar surface area (TPSA) is 99.6 Å². The molecule has 0 atom stereocenters. The number of benzene rings is 2. The summed E-state index contributed by atoms with van der Waals surface area (Å²) in [7, 11) is 0. The number of halogens is 1. The van der Waals surface area contributed by atoms with Crippen LogP contribution in [0.4, 0.5) is 0 Å². The van der Waals surface area contributed by atoms with Gasteiger partial charge in [0.1, 0.15) is 6.54 Å². The number of carbonyl (C=O) groups excluding carboxylic acids is 1. The van der Waals surface area contributed by atoms with E-state index in [9.17, 15) is 14.4 Å². The van der Waals surface area contributed by atoms with E-state index in [-0.39, 0.29) is 29.9 Å². The third-order valence-corrected chi connectivity index (χ3v) is 5.61. The van der Waals surface area contributed by atoms with Crippen molar-refractivity contribution in [3.8, 4) is 0 Å². The quantitative estimate of drug-likeness (QED) is 0.369. The molecular formula is C24H26ClN5O4. The second-order valence-electron chi connectivity index (χ2n) is 8.23. The van der Waals surface area contributed by atoms with Crippen LogP contribution >= 0.6 is 11.6 Å². The Kier molecular flexibility index (Phi) is 7.14. The van der Waals surface area contributed by atoms with Crippen molar-refractivity contribution in [3.05, 3.63) is 80.0 Å². The Morgan fingerprint density at radius 2 is 1.85 bits per heavy atom. The summed E-state index contributed by atoms with van der Waals surface area (Å²) < 4.78 is 9.52. The van der Waals surface area contributed by atoms with Gasteiger partial charge in [-0.3, -0.25) is 14.2 Å². The lowest BCUT2D eigenvalue weighted by Crippen LogP contribution is -2.32. The minimum Gasteiger partial charge on any atom is -0.379 e. The maximum Gasteiger partial charge on any atom is 0.352 e. The van der Waals surface area contributed by atoms with E-state index in [0.717, 1.165) is 10.2 Å². The fourth-order valence-electron chi connectivity index (χ4n) is 3.71. The second kappa shape index (κ2) is 10.2. The highest BCUT2D eigenvalue weighted by atomic mass is 35.5. The molecule has 2 heterocycles. The van der Waals surface area contributed by atoms with Crippen molar-refractivity contribution in [1.82, 2.24) is 24.1 Å². The summed E-state index contributed by atoms with van der Waals surface area (Å²) >= 11 is 5.89. The number of aromatic nitrogens is 4. The van der Waals surface area contributed by atoms with Crippen LogP contribution in [0.2, 0.25) is 5.02 Å². The highest BCUT2D eigenvalue weighted by molar-refractivity contribution is 6.30. The largest absolute Gasteiger partial charge is 0.379 e. The van der Waals surface area contributed by atoms with Gasteiger partial charge in [0.15, 0.2) is 0 Å². The fraction of sp³-hybridized carbons (Fsp3) is 0.333. The molecule has 2 aromatic heterocycles. The molecule has 0 fully saturated rings. The number of ether oxygens (including phenoxy) is 1. The van der Waals surface area contributed by atoms with Crippen LogP contribution in [-0.2, 0) is 29.2 Å². The minimum atomic E-state index is -0.486. The first kappa shape index (κ1) is 23.7. The molecule has 178 valence electrons. The predicted octanol–water partition coefficient (Wildman–Crippen LogP) is 2.60. The van der Waals surface area contributed by atoms with Gasteiger partial charge >= 0.3 is 5.69 Å². The molecule has 0 unspecified atom stereocenters. The monoisotopic (exact) mass is 483 g/mol. The number of nitrogens with one attached hydrogen (secondary N) is 1. The van der Waals surface area contributed by atoms with E-state index < -0.39 is 5.69 Å². The molecule has 0 aliphatic heterocycles. The molecule has 9 nitrogen and oxygen atoms in total. The molecule has 4 aromatic rings. The van der Waals surface area contributed by atoms with Crippen molar-refractivity contribution in [2.45, 2.75) is 46.0 Å². The van der Waals surface area contributed by atoms with Crippen molar-refractivity contribution in [2.24, 2.45) is 0 Å². The lowest BCUT2D eigenvalue weighted by Gasteiger charge is -2.11. The molecule has 0 aliphatic carbocycles. The molecule has 1 amide bonds. The van der Waals surface area contributed by atoms with Crippen LogP contribution in [0, 0.1) is 0 Å². The zero-order valence-corrected chi connectivity index (χ0v) is 19.8. The van der Waals surface area contributed by atoms with Gasteiger partial charge in [0.25, 0.3) is 5.56 Å². The summed E-state index contributed by atoms with van der Waals surface area (Å²) in [6.45, 7) is 4.72. The van der Waals surface area contributed by atoms with Gasteiger partial charge < -0.3 is 10.1 Å². The third kappa shape index (κ3) is 5.05. The number of hydrogen-bond donors (Lipinski definition) is 1. The van der Waals surface area contributed by atoms with Gasteiger partial charge in [-0.2, -0.15) is 0 Å². The number of rotatable bonds is 9. The van der Waals surface area contributed by atoms with E-state index in [1.165, 1.54) is 8.97 Å². The maximum absolute atomic E-state index is 13.2. The average molecular weight is 484 g/mol. The Labute approximate surface area is 200 Å². The van der Waals surface area contributed by atoms with Gasteiger partial charge in [-0.1, -0.05) is 35.9 Å². The van der Waals surface area contributed by atoms with Crippen molar-refractivity contribution in [2.75, 3.05) is 6.61 Å². The maximum atomic E-state index is 13.2. The number of fused-ring (bicyclic) bond motifs is 3. The molecule has 10 heteroatoms. The first-order chi connectivity index (χ1) is 16.3. The highest BCUT2D eigenvalue weighted by Gasteiger charge is 2.18. The number of nitrogens with zero attached hydrogens (tertiary/aromatic N) is 4. The Morgan fingerprint density at radius 1 is 1.12 bits per heavy atom. The van der Waals surface area contributed by atoms with Crippen LogP contribution in [0.3, 0.4) is 0 Å². The lowest BCUT2D eigenvalue weighted by atomic mass is 10.2. The molecule has 4 rings (SSSR count). The summed E-state index contributed by atoms with van der Waals surface area (Å²) in [5, 5.41) is 8.15. The van der Waals surface area contributed by atoms with Crippen molar-refractivity contribution < 1.29 is 9.53 Å². The highest BCUT2D eigenvalue weighted by Crippen LogP contribution is 2.12. The van der Waals surface area contributed by atoms with E-state index >= 15 is 0 Å². The SMILES string of the molecule is CC(C)OCCCn1c(=O)c2ccccc2n2c(=O)n(CC(=O)NCc3ccc(Cl)cc3)nc12. The van der Waals surface area contributed by atoms with Crippen LogP contribution in [0.1, 0.15) is 25.8 Å². The number of aryl methyl sites for hydroxylation is 1. The lowest BCUT2D eigenvalue weighted by molar-refractivity contribution is -0.122. The molecule has 0 spiro atoms. The van der Waals surface area contributed by atoms with Crippen LogP contribution in [-0.4, -0.2) is 37.4 Å². The smallest absolute Gasteiger partial charge is 0.352 e. The van der Waals surface area contributed by atoms with Crippen molar-refractivity contribution in [1.29, 1.82) is 0 Å². The number of para-hydroxylation sites is 1. The zero-order chi connectivity index (χ0) is 24.2. The standard InChI is InChI=1S/C24H26ClN5O4/c1-16(2)34-13-5-12-28-22(32)19-6-3-4-7-20(19)30-23(28)27-29(24(30)33)15-21(31)26-14-17-8-10-18(25)11-9-17/h3-4,6-11,16H,5,12-15H2,1-2H3,(H,26,31). The summed E-state index contributed by atoms with van der Waals surface area (Å²) in [5.74, 6) is -0.173. The minimum absolute atomic E-state index is 0.0848. The van der Waals surface area contributed by atoms with Gasteiger partial charge in [0.05, 0.1) is 17.0 Å². The number of carbonyl (C=O) groups is 1. The molecule has 0 saturated heterocycles. The fourth-order valence-corrected chi connectivity index (χ4v) is 3.83. The van der Waals surface area contributed by atoms with E-state index in [1.54, 1.807) is 36.4 Å². The van der Waals surface area contributed by atoms with Crippen molar-refractivity contribution >= 4 is 34.2 Å². The number of amides is 1. The molecule has 34 heavy (non-hydrogen) atoms. The number of hydrogen-bond acceptors (Lipinski definition) is 5. The van der Waals surface area contributed by atoms with Gasteiger partial charge in [0, 0.05) is 24.7 Å². The molecular weight excluding hydrogens is 458 g/mol. The molecule has 0 bridgehead atoms. The van der Waals surface area contributed by atoms with Gasteiger partial charge in [-0.25, -0.2) is 13.9 Å². The zero-order valence-electron chi connectivity index (χ0n) is 19.0. The van der Waals surface area contributed by atoms with Gasteiger partial charge in [-0.05, 0) is 50.1 Å². The van der Waals surface area contributed by atoms with Crippen LogP contribution in [0.15, 0.2) is 58.1 Å². The molecule has 0 aliphatic rings. The third-order valence-electron chi connectivity index (χ3n) is 5.36. The average Bonchev–Trinajstić information content (AvgIpc) is 3.13. The van der Waals surface area contributed by atoms with E-state index in [4.69, 9.17) is 16.3 Å². The Bertz CT molecular complexity index is 1440. The second-order valence-corrected chi connectivity index (χ2v) is 8.66. The predicted molar refractivity (Wildman–Crippen MR) is 130 cm³/mol.